The quantitative estimate of drug-likeness (QED) is 0.344. The van der Waals surface area contributed by atoms with Crippen molar-refractivity contribution in [2.45, 2.75) is 57.7 Å². The highest BCUT2D eigenvalue weighted by molar-refractivity contribution is 14.0. The molecule has 0 bridgehead atoms. The molecule has 2 aliphatic rings. The van der Waals surface area contributed by atoms with Crippen molar-refractivity contribution in [1.82, 2.24) is 10.2 Å². The van der Waals surface area contributed by atoms with Gasteiger partial charge in [0, 0.05) is 26.7 Å². The Bertz CT molecular complexity index is 570. The Balaban J connectivity index is 0.00000280. The number of hydrogen-bond donors (Lipinski definition) is 1. The molecule has 3 rings (SSSR count). The highest BCUT2D eigenvalue weighted by Gasteiger charge is 2.24. The molecule has 1 saturated heterocycles. The van der Waals surface area contributed by atoms with Crippen LogP contribution in [-0.2, 0) is 4.74 Å². The van der Waals surface area contributed by atoms with Crippen molar-refractivity contribution in [3.05, 3.63) is 30.3 Å². The molecule has 1 aromatic rings. The molecule has 1 N–H and O–H groups in total. The first kappa shape index (κ1) is 23.3. The minimum atomic E-state index is 0. The van der Waals surface area contributed by atoms with Crippen LogP contribution in [0.5, 0.6) is 5.75 Å². The summed E-state index contributed by atoms with van der Waals surface area (Å²) in [5.41, 5.74) is 0. The summed E-state index contributed by atoms with van der Waals surface area (Å²) in [6.45, 7) is 5.79. The van der Waals surface area contributed by atoms with Crippen molar-refractivity contribution in [2.24, 2.45) is 10.9 Å². The topological polar surface area (TPSA) is 46.1 Å². The Morgan fingerprint density at radius 3 is 2.46 bits per heavy atom. The normalized spacial score (nSPS) is 19.9. The van der Waals surface area contributed by atoms with Crippen molar-refractivity contribution in [3.8, 4) is 5.75 Å². The maximum Gasteiger partial charge on any atom is 0.193 e. The standard InChI is InChI=1S/C22H35N3O2.HI/c1-18(27-21-10-4-3-5-11-21)16-24-22(23-2)25-14-12-20(13-15-25)26-17-19-8-6-7-9-19;/h3-5,10-11,18-20H,6-9,12-17H2,1-2H3,(H,23,24);1H. The average molecular weight is 501 g/mol. The molecule has 0 aromatic heterocycles. The van der Waals surface area contributed by atoms with E-state index in [4.69, 9.17) is 9.47 Å². The third-order valence-electron chi connectivity index (χ3n) is 5.62. The summed E-state index contributed by atoms with van der Waals surface area (Å²) in [5.74, 6) is 2.68. The van der Waals surface area contributed by atoms with Gasteiger partial charge in [-0.25, -0.2) is 0 Å². The minimum absolute atomic E-state index is 0. The van der Waals surface area contributed by atoms with Gasteiger partial charge < -0.3 is 19.7 Å². The molecule has 6 heteroatoms. The van der Waals surface area contributed by atoms with Crippen molar-refractivity contribution >= 4 is 29.9 Å². The fraction of sp³-hybridized carbons (Fsp3) is 0.682. The fourth-order valence-electron chi connectivity index (χ4n) is 4.02. The molecule has 1 aromatic carbocycles. The van der Waals surface area contributed by atoms with Crippen molar-refractivity contribution in [1.29, 1.82) is 0 Å². The van der Waals surface area contributed by atoms with Crippen LogP contribution in [0.2, 0.25) is 0 Å². The van der Waals surface area contributed by atoms with E-state index in [2.05, 4.69) is 22.1 Å². The first-order chi connectivity index (χ1) is 13.2. The van der Waals surface area contributed by atoms with Crippen LogP contribution in [0.1, 0.15) is 45.4 Å². The largest absolute Gasteiger partial charge is 0.489 e. The number of ether oxygens (including phenoxy) is 2. The van der Waals surface area contributed by atoms with Crippen LogP contribution in [0, 0.1) is 5.92 Å². The lowest BCUT2D eigenvalue weighted by Crippen LogP contribution is -2.48. The summed E-state index contributed by atoms with van der Waals surface area (Å²) in [6.07, 6.45) is 8.17. The van der Waals surface area contributed by atoms with E-state index in [0.29, 0.717) is 6.10 Å². The number of halogens is 1. The number of hydrogen-bond acceptors (Lipinski definition) is 3. The smallest absolute Gasteiger partial charge is 0.193 e. The summed E-state index contributed by atoms with van der Waals surface area (Å²) < 4.78 is 12.1. The number of piperidine rings is 1. The molecule has 28 heavy (non-hydrogen) atoms. The van der Waals surface area contributed by atoms with Gasteiger partial charge >= 0.3 is 0 Å². The maximum atomic E-state index is 6.19. The van der Waals surface area contributed by atoms with E-state index >= 15 is 0 Å². The van der Waals surface area contributed by atoms with Crippen LogP contribution in [-0.4, -0.2) is 56.4 Å². The fourth-order valence-corrected chi connectivity index (χ4v) is 4.02. The van der Waals surface area contributed by atoms with E-state index in [1.165, 1.54) is 25.7 Å². The van der Waals surface area contributed by atoms with E-state index < -0.39 is 0 Å². The van der Waals surface area contributed by atoms with Gasteiger partial charge in [0.25, 0.3) is 0 Å². The Hall–Kier alpha value is -1.02. The zero-order valence-electron chi connectivity index (χ0n) is 17.3. The zero-order chi connectivity index (χ0) is 18.9. The molecule has 1 atom stereocenters. The second-order valence-corrected chi connectivity index (χ2v) is 7.84. The number of para-hydroxylation sites is 1. The van der Waals surface area contributed by atoms with Gasteiger partial charge in [-0.05, 0) is 50.7 Å². The maximum absolute atomic E-state index is 6.19. The number of nitrogens with one attached hydrogen (secondary N) is 1. The third kappa shape index (κ3) is 7.43. The highest BCUT2D eigenvalue weighted by atomic mass is 127. The molecular formula is C22H36IN3O2. The van der Waals surface area contributed by atoms with Crippen LogP contribution in [0.25, 0.3) is 0 Å². The number of aliphatic imine (C=N–C) groups is 1. The molecule has 5 nitrogen and oxygen atoms in total. The van der Waals surface area contributed by atoms with Crippen molar-refractivity contribution < 1.29 is 9.47 Å². The predicted molar refractivity (Wildman–Crippen MR) is 126 cm³/mol. The zero-order valence-corrected chi connectivity index (χ0v) is 19.6. The van der Waals surface area contributed by atoms with Gasteiger partial charge in [-0.1, -0.05) is 31.0 Å². The first-order valence-electron chi connectivity index (χ1n) is 10.5. The van der Waals surface area contributed by atoms with Crippen LogP contribution < -0.4 is 10.1 Å². The summed E-state index contributed by atoms with van der Waals surface area (Å²) in [5, 5.41) is 3.46. The lowest BCUT2D eigenvalue weighted by Gasteiger charge is -2.34. The van der Waals surface area contributed by atoms with Gasteiger partial charge in [-0.2, -0.15) is 0 Å². The lowest BCUT2D eigenvalue weighted by atomic mass is 10.1. The van der Waals surface area contributed by atoms with Crippen LogP contribution in [0.15, 0.2) is 35.3 Å². The molecule has 1 unspecified atom stereocenters. The predicted octanol–water partition coefficient (Wildman–Crippen LogP) is 4.32. The Labute approximate surface area is 187 Å². The molecular weight excluding hydrogens is 465 g/mol. The van der Waals surface area contributed by atoms with Crippen molar-refractivity contribution in [2.75, 3.05) is 33.3 Å². The second kappa shape index (κ2) is 12.5. The molecule has 0 spiro atoms. The van der Waals surface area contributed by atoms with Crippen LogP contribution in [0.4, 0.5) is 0 Å². The summed E-state index contributed by atoms with van der Waals surface area (Å²) in [4.78, 5) is 6.80. The van der Waals surface area contributed by atoms with Gasteiger partial charge in [-0.3, -0.25) is 4.99 Å². The van der Waals surface area contributed by atoms with Crippen molar-refractivity contribution in [3.63, 3.8) is 0 Å². The minimum Gasteiger partial charge on any atom is -0.489 e. The van der Waals surface area contributed by atoms with E-state index in [0.717, 1.165) is 56.7 Å². The number of likely N-dealkylation sites (tertiary alicyclic amines) is 1. The first-order valence-corrected chi connectivity index (χ1v) is 10.5. The summed E-state index contributed by atoms with van der Waals surface area (Å²) in [7, 11) is 1.85. The van der Waals surface area contributed by atoms with E-state index in [9.17, 15) is 0 Å². The number of benzene rings is 1. The van der Waals surface area contributed by atoms with Crippen LogP contribution in [0.3, 0.4) is 0 Å². The monoisotopic (exact) mass is 501 g/mol. The lowest BCUT2D eigenvalue weighted by molar-refractivity contribution is 0.000961. The van der Waals surface area contributed by atoms with E-state index in [1.54, 1.807) is 0 Å². The van der Waals surface area contributed by atoms with Crippen LogP contribution >= 0.6 is 24.0 Å². The average Bonchev–Trinajstić information content (AvgIpc) is 3.22. The Kier molecular flexibility index (Phi) is 10.4. The Morgan fingerprint density at radius 2 is 1.82 bits per heavy atom. The SMILES string of the molecule is CN=C(NCC(C)Oc1ccccc1)N1CCC(OCC2CCCC2)CC1.I. The van der Waals surface area contributed by atoms with Gasteiger partial charge in [0.05, 0.1) is 12.6 Å². The Morgan fingerprint density at radius 1 is 1.14 bits per heavy atom. The molecule has 1 aliphatic carbocycles. The highest BCUT2D eigenvalue weighted by Crippen LogP contribution is 2.26. The number of guanidine groups is 1. The molecule has 0 amide bonds. The van der Waals surface area contributed by atoms with Gasteiger partial charge in [0.15, 0.2) is 5.96 Å². The van der Waals surface area contributed by atoms with E-state index in [-0.39, 0.29) is 30.1 Å². The summed E-state index contributed by atoms with van der Waals surface area (Å²) >= 11 is 0. The third-order valence-corrected chi connectivity index (χ3v) is 5.62. The number of rotatable bonds is 7. The second-order valence-electron chi connectivity index (χ2n) is 7.84. The van der Waals surface area contributed by atoms with Gasteiger partial charge in [0.2, 0.25) is 0 Å². The van der Waals surface area contributed by atoms with E-state index in [1.807, 2.05) is 37.4 Å². The van der Waals surface area contributed by atoms with Gasteiger partial charge in [0.1, 0.15) is 11.9 Å². The van der Waals surface area contributed by atoms with Gasteiger partial charge in [-0.15, -0.1) is 24.0 Å². The molecule has 1 heterocycles. The summed E-state index contributed by atoms with van der Waals surface area (Å²) in [6, 6.07) is 9.96. The molecule has 1 aliphatic heterocycles. The number of nitrogens with zero attached hydrogens (tertiary/aromatic N) is 2. The molecule has 158 valence electrons. The molecule has 0 radical (unpaired) electrons. The molecule has 1 saturated carbocycles. The molecule has 2 fully saturated rings.